The molecule has 0 saturated carbocycles. The molecule has 0 aliphatic heterocycles. The number of hydrogen-bond acceptors (Lipinski definition) is 3. The van der Waals surface area contributed by atoms with Crippen LogP contribution >= 0.6 is 0 Å². The number of benzene rings is 1. The van der Waals surface area contributed by atoms with Gasteiger partial charge in [0, 0.05) is 12.1 Å². The fraction of sp³-hybridized carbons (Fsp3) is 0.500. The molecular formula is C16H25N3O2. The molecule has 0 unspecified atom stereocenters. The topological polar surface area (TPSA) is 70.2 Å². The average molecular weight is 291 g/mol. The minimum atomic E-state index is -0.461. The van der Waals surface area contributed by atoms with Crippen LogP contribution in [0.5, 0.6) is 0 Å². The van der Waals surface area contributed by atoms with Gasteiger partial charge in [-0.15, -0.1) is 0 Å². The normalized spacial score (nSPS) is 12.3. The summed E-state index contributed by atoms with van der Waals surface area (Å²) in [5.41, 5.74) is 1.13. The van der Waals surface area contributed by atoms with Crippen molar-refractivity contribution in [3.63, 3.8) is 0 Å². The molecule has 3 N–H and O–H groups in total. The van der Waals surface area contributed by atoms with E-state index in [0.29, 0.717) is 5.92 Å². The van der Waals surface area contributed by atoms with Gasteiger partial charge < -0.3 is 10.6 Å². The number of urea groups is 1. The van der Waals surface area contributed by atoms with E-state index < -0.39 is 6.03 Å². The second-order valence-corrected chi connectivity index (χ2v) is 5.69. The van der Waals surface area contributed by atoms with Crippen LogP contribution in [0.3, 0.4) is 0 Å². The van der Waals surface area contributed by atoms with Crippen LogP contribution in [0.4, 0.5) is 4.79 Å². The molecule has 0 radical (unpaired) electrons. The Bertz CT molecular complexity index is 458. The molecule has 3 amide bonds. The number of nitrogens with one attached hydrogen (secondary N) is 3. The highest BCUT2D eigenvalue weighted by Crippen LogP contribution is 2.20. The van der Waals surface area contributed by atoms with Gasteiger partial charge in [0.1, 0.15) is 0 Å². The van der Waals surface area contributed by atoms with E-state index in [2.05, 4.69) is 29.8 Å². The number of hydrogen-bond donors (Lipinski definition) is 3. The molecule has 0 aliphatic carbocycles. The predicted molar refractivity (Wildman–Crippen MR) is 83.8 cm³/mol. The summed E-state index contributed by atoms with van der Waals surface area (Å²) in [5, 5.41) is 8.12. The highest BCUT2D eigenvalue weighted by molar-refractivity contribution is 5.95. The van der Waals surface area contributed by atoms with Crippen molar-refractivity contribution in [3.8, 4) is 0 Å². The number of amides is 3. The Balaban J connectivity index is 2.51. The summed E-state index contributed by atoms with van der Waals surface area (Å²) >= 11 is 0. The highest BCUT2D eigenvalue weighted by Gasteiger charge is 2.17. The molecule has 1 atom stereocenters. The monoisotopic (exact) mass is 291 g/mol. The number of rotatable bonds is 6. The van der Waals surface area contributed by atoms with Gasteiger partial charge in [0.25, 0.3) is 0 Å². The maximum Gasteiger partial charge on any atom is 0.321 e. The van der Waals surface area contributed by atoms with Gasteiger partial charge in [-0.25, -0.2) is 4.79 Å². The fourth-order valence-electron chi connectivity index (χ4n) is 2.07. The second-order valence-electron chi connectivity index (χ2n) is 5.69. The van der Waals surface area contributed by atoms with E-state index in [-0.39, 0.29) is 24.5 Å². The molecule has 0 bridgehead atoms. The Labute approximate surface area is 126 Å². The molecule has 116 valence electrons. The smallest absolute Gasteiger partial charge is 0.321 e. The lowest BCUT2D eigenvalue weighted by molar-refractivity contribution is -0.119. The van der Waals surface area contributed by atoms with Gasteiger partial charge in [-0.2, -0.15) is 0 Å². The van der Waals surface area contributed by atoms with E-state index in [0.717, 1.165) is 5.56 Å². The minimum Gasteiger partial charge on any atom is -0.336 e. The van der Waals surface area contributed by atoms with Gasteiger partial charge in [-0.1, -0.05) is 44.2 Å². The Morgan fingerprint density at radius 3 is 2.19 bits per heavy atom. The largest absolute Gasteiger partial charge is 0.336 e. The maximum absolute atomic E-state index is 11.8. The molecule has 1 rings (SSSR count). The molecule has 1 aromatic carbocycles. The molecule has 0 spiro atoms. The van der Waals surface area contributed by atoms with Crippen LogP contribution < -0.4 is 16.0 Å². The molecule has 0 heterocycles. The van der Waals surface area contributed by atoms with E-state index in [1.165, 1.54) is 0 Å². The van der Waals surface area contributed by atoms with Gasteiger partial charge >= 0.3 is 6.03 Å². The molecule has 0 aromatic heterocycles. The van der Waals surface area contributed by atoms with E-state index in [4.69, 9.17) is 0 Å². The zero-order valence-electron chi connectivity index (χ0n) is 13.1. The van der Waals surface area contributed by atoms with Crippen LogP contribution in [-0.2, 0) is 4.79 Å². The summed E-state index contributed by atoms with van der Waals surface area (Å²) < 4.78 is 0. The Hall–Kier alpha value is -1.88. The molecule has 0 aliphatic rings. The van der Waals surface area contributed by atoms with Crippen molar-refractivity contribution >= 4 is 11.9 Å². The third-order valence-corrected chi connectivity index (χ3v) is 2.98. The van der Waals surface area contributed by atoms with Crippen molar-refractivity contribution in [2.45, 2.75) is 39.8 Å². The predicted octanol–water partition coefficient (Wildman–Crippen LogP) is 2.21. The van der Waals surface area contributed by atoms with Crippen LogP contribution in [0.1, 0.15) is 39.3 Å². The lowest BCUT2D eigenvalue weighted by Crippen LogP contribution is -2.46. The summed E-state index contributed by atoms with van der Waals surface area (Å²) in [6.45, 7) is 7.96. The van der Waals surface area contributed by atoms with Gasteiger partial charge in [0.2, 0.25) is 5.91 Å². The zero-order chi connectivity index (χ0) is 15.8. The van der Waals surface area contributed by atoms with Crippen molar-refractivity contribution in [3.05, 3.63) is 35.9 Å². The maximum atomic E-state index is 11.8. The van der Waals surface area contributed by atoms with Crippen LogP contribution in [0.25, 0.3) is 0 Å². The van der Waals surface area contributed by atoms with Crippen molar-refractivity contribution < 1.29 is 9.59 Å². The first-order valence-corrected chi connectivity index (χ1v) is 7.28. The second kappa shape index (κ2) is 8.42. The number of carbonyl (C=O) groups excluding carboxylic acids is 2. The average Bonchev–Trinajstić information content (AvgIpc) is 2.38. The third-order valence-electron chi connectivity index (χ3n) is 2.98. The van der Waals surface area contributed by atoms with E-state index >= 15 is 0 Å². The SMILES string of the molecule is CC(C)NC(=O)NC(=O)CN[C@@H](c1ccccc1)C(C)C. The standard InChI is InChI=1S/C16H25N3O2/c1-11(2)15(13-8-6-5-7-9-13)17-10-14(20)19-16(21)18-12(3)4/h5-9,11-12,15,17H,10H2,1-4H3,(H2,18,19,20,21)/t15-/m1/s1. The van der Waals surface area contributed by atoms with Gasteiger partial charge in [0.15, 0.2) is 0 Å². The molecule has 5 heteroatoms. The molecule has 1 aromatic rings. The first-order valence-electron chi connectivity index (χ1n) is 7.28. The molecule has 21 heavy (non-hydrogen) atoms. The van der Waals surface area contributed by atoms with Crippen LogP contribution in [-0.4, -0.2) is 24.5 Å². The highest BCUT2D eigenvalue weighted by atomic mass is 16.2. The quantitative estimate of drug-likeness (QED) is 0.752. The Morgan fingerprint density at radius 2 is 1.67 bits per heavy atom. The van der Waals surface area contributed by atoms with Gasteiger partial charge in [-0.3, -0.25) is 10.1 Å². The molecular weight excluding hydrogens is 266 g/mol. The first kappa shape index (κ1) is 17.2. The van der Waals surface area contributed by atoms with Crippen LogP contribution in [0, 0.1) is 5.92 Å². The summed E-state index contributed by atoms with van der Waals surface area (Å²) in [6.07, 6.45) is 0. The van der Waals surface area contributed by atoms with Gasteiger partial charge in [0.05, 0.1) is 6.54 Å². The Morgan fingerprint density at radius 1 is 1.05 bits per heavy atom. The van der Waals surface area contributed by atoms with Gasteiger partial charge in [-0.05, 0) is 25.3 Å². The Kier molecular flexibility index (Phi) is 6.88. The first-order chi connectivity index (χ1) is 9.90. The summed E-state index contributed by atoms with van der Waals surface area (Å²) in [5.74, 6) is -0.000535. The third kappa shape index (κ3) is 6.40. The van der Waals surface area contributed by atoms with Crippen molar-refractivity contribution in [1.29, 1.82) is 0 Å². The summed E-state index contributed by atoms with van der Waals surface area (Å²) in [7, 11) is 0. The summed E-state index contributed by atoms with van der Waals surface area (Å²) in [4.78, 5) is 23.2. The lowest BCUT2D eigenvalue weighted by atomic mass is 9.96. The molecule has 0 saturated heterocycles. The minimum absolute atomic E-state index is 0.00140. The van der Waals surface area contributed by atoms with Crippen molar-refractivity contribution in [2.24, 2.45) is 5.92 Å². The number of carbonyl (C=O) groups is 2. The van der Waals surface area contributed by atoms with Crippen LogP contribution in [0.2, 0.25) is 0 Å². The van der Waals surface area contributed by atoms with E-state index in [1.54, 1.807) is 0 Å². The van der Waals surface area contributed by atoms with Crippen molar-refractivity contribution in [1.82, 2.24) is 16.0 Å². The number of imide groups is 1. The molecule has 5 nitrogen and oxygen atoms in total. The summed E-state index contributed by atoms with van der Waals surface area (Å²) in [6, 6.07) is 9.58. The fourth-order valence-corrected chi connectivity index (χ4v) is 2.07. The van der Waals surface area contributed by atoms with E-state index in [9.17, 15) is 9.59 Å². The van der Waals surface area contributed by atoms with E-state index in [1.807, 2.05) is 44.2 Å². The lowest BCUT2D eigenvalue weighted by Gasteiger charge is -2.22. The molecule has 0 fully saturated rings. The van der Waals surface area contributed by atoms with Crippen LogP contribution in [0.15, 0.2) is 30.3 Å². The van der Waals surface area contributed by atoms with Crippen molar-refractivity contribution in [2.75, 3.05) is 6.54 Å². The zero-order valence-corrected chi connectivity index (χ0v) is 13.1.